The van der Waals surface area contributed by atoms with Gasteiger partial charge in [-0.2, -0.15) is 0 Å². The average molecular weight is 335 g/mol. The van der Waals surface area contributed by atoms with E-state index in [1.165, 1.54) is 18.4 Å². The molecule has 20 heavy (non-hydrogen) atoms. The predicted octanol–water partition coefficient (Wildman–Crippen LogP) is 3.94. The van der Waals surface area contributed by atoms with Crippen LogP contribution in [-0.4, -0.2) is 12.5 Å². The fourth-order valence-corrected chi connectivity index (χ4v) is 2.38. The van der Waals surface area contributed by atoms with E-state index in [1.807, 2.05) is 0 Å². The molecule has 0 aliphatic heterocycles. The molecule has 0 atom stereocenters. The van der Waals surface area contributed by atoms with E-state index < -0.39 is 0 Å². The number of nitrogens with one attached hydrogen (secondary N) is 1. The zero-order chi connectivity index (χ0) is 14.5. The Hall–Kier alpha value is -1.36. The smallest absolute Gasteiger partial charge is 0.258 e. The lowest BCUT2D eigenvalue weighted by Gasteiger charge is -2.10. The normalized spacial score (nSPS) is 10.3. The highest BCUT2D eigenvalue weighted by Crippen LogP contribution is 2.35. The SMILES string of the molecule is O=C(COc1c(Cl)cc(Cl)cc1Cl)NCc1ccco1. The molecule has 0 radical (unpaired) electrons. The zero-order valence-electron chi connectivity index (χ0n) is 10.2. The minimum atomic E-state index is -0.316. The van der Waals surface area contributed by atoms with Gasteiger partial charge in [-0.05, 0) is 24.3 Å². The number of benzene rings is 1. The summed E-state index contributed by atoms with van der Waals surface area (Å²) in [6.45, 7) is 0.0824. The molecule has 1 heterocycles. The predicted molar refractivity (Wildman–Crippen MR) is 77.5 cm³/mol. The molecule has 0 aliphatic carbocycles. The van der Waals surface area contributed by atoms with Crippen LogP contribution in [0.3, 0.4) is 0 Å². The fourth-order valence-electron chi connectivity index (χ4n) is 1.45. The van der Waals surface area contributed by atoms with Gasteiger partial charge in [0.25, 0.3) is 5.91 Å². The minimum absolute atomic E-state index is 0.207. The second-order valence-electron chi connectivity index (χ2n) is 3.84. The molecule has 0 spiro atoms. The maximum Gasteiger partial charge on any atom is 0.258 e. The molecule has 7 heteroatoms. The highest BCUT2D eigenvalue weighted by Gasteiger charge is 2.11. The number of furan rings is 1. The Morgan fingerprint density at radius 3 is 2.55 bits per heavy atom. The lowest BCUT2D eigenvalue weighted by Crippen LogP contribution is -2.28. The van der Waals surface area contributed by atoms with Crippen LogP contribution in [0, 0.1) is 0 Å². The van der Waals surface area contributed by atoms with Crippen molar-refractivity contribution >= 4 is 40.7 Å². The van der Waals surface area contributed by atoms with Gasteiger partial charge in [-0.1, -0.05) is 34.8 Å². The highest BCUT2D eigenvalue weighted by molar-refractivity contribution is 6.40. The third-order valence-electron chi connectivity index (χ3n) is 2.35. The molecule has 106 valence electrons. The quantitative estimate of drug-likeness (QED) is 0.901. The lowest BCUT2D eigenvalue weighted by molar-refractivity contribution is -0.123. The number of ether oxygens (including phenoxy) is 1. The maximum absolute atomic E-state index is 11.6. The summed E-state index contributed by atoms with van der Waals surface area (Å²) in [6.07, 6.45) is 1.53. The summed E-state index contributed by atoms with van der Waals surface area (Å²) >= 11 is 17.6. The first-order chi connectivity index (χ1) is 9.56. The molecule has 2 aromatic rings. The second kappa shape index (κ2) is 6.88. The van der Waals surface area contributed by atoms with Crippen molar-refractivity contribution in [2.45, 2.75) is 6.54 Å². The maximum atomic E-state index is 11.6. The van der Waals surface area contributed by atoms with Gasteiger partial charge in [0.1, 0.15) is 5.76 Å². The second-order valence-corrected chi connectivity index (χ2v) is 5.09. The number of hydrogen-bond acceptors (Lipinski definition) is 3. The van der Waals surface area contributed by atoms with Crippen molar-refractivity contribution < 1.29 is 13.9 Å². The zero-order valence-corrected chi connectivity index (χ0v) is 12.4. The molecule has 0 unspecified atom stereocenters. The van der Waals surface area contributed by atoms with Crippen LogP contribution in [0.1, 0.15) is 5.76 Å². The number of amides is 1. The third kappa shape index (κ3) is 4.07. The van der Waals surface area contributed by atoms with Gasteiger partial charge in [0.15, 0.2) is 12.4 Å². The number of carbonyl (C=O) groups excluding carboxylic acids is 1. The van der Waals surface area contributed by atoms with E-state index in [2.05, 4.69) is 5.32 Å². The van der Waals surface area contributed by atoms with Crippen molar-refractivity contribution in [1.29, 1.82) is 0 Å². The van der Waals surface area contributed by atoms with Crippen molar-refractivity contribution in [3.8, 4) is 5.75 Å². The Labute approximate surface area is 130 Å². The van der Waals surface area contributed by atoms with Gasteiger partial charge in [-0.25, -0.2) is 0 Å². The monoisotopic (exact) mass is 333 g/mol. The molecule has 0 saturated carbocycles. The van der Waals surface area contributed by atoms with Crippen LogP contribution in [-0.2, 0) is 11.3 Å². The van der Waals surface area contributed by atoms with Crippen LogP contribution >= 0.6 is 34.8 Å². The first-order valence-corrected chi connectivity index (χ1v) is 6.76. The van der Waals surface area contributed by atoms with Crippen molar-refractivity contribution in [2.24, 2.45) is 0 Å². The molecule has 1 aromatic carbocycles. The van der Waals surface area contributed by atoms with Gasteiger partial charge in [0.2, 0.25) is 0 Å². The van der Waals surface area contributed by atoms with E-state index in [4.69, 9.17) is 44.0 Å². The molecule has 0 fully saturated rings. The molecule has 4 nitrogen and oxygen atoms in total. The van der Waals surface area contributed by atoms with Crippen molar-refractivity contribution in [3.63, 3.8) is 0 Å². The Morgan fingerprint density at radius 2 is 1.95 bits per heavy atom. The summed E-state index contributed by atoms with van der Waals surface area (Å²) < 4.78 is 10.4. The Bertz CT molecular complexity index is 576. The Kier molecular flexibility index (Phi) is 5.17. The first-order valence-electron chi connectivity index (χ1n) is 5.62. The van der Waals surface area contributed by atoms with E-state index in [-0.39, 0.29) is 34.9 Å². The van der Waals surface area contributed by atoms with Crippen LogP contribution in [0.2, 0.25) is 15.1 Å². The molecule has 1 N–H and O–H groups in total. The molecule has 1 aromatic heterocycles. The van der Waals surface area contributed by atoms with E-state index in [0.29, 0.717) is 10.8 Å². The van der Waals surface area contributed by atoms with Crippen LogP contribution < -0.4 is 10.1 Å². The third-order valence-corrected chi connectivity index (χ3v) is 3.13. The molecule has 1 amide bonds. The molecule has 0 aliphatic rings. The first kappa shape index (κ1) is 15.0. The summed E-state index contributed by atoms with van der Waals surface area (Å²) in [6, 6.07) is 6.48. The van der Waals surface area contributed by atoms with Crippen LogP contribution in [0.5, 0.6) is 5.75 Å². The van der Waals surface area contributed by atoms with Gasteiger partial charge in [-0.3, -0.25) is 4.79 Å². The standard InChI is InChI=1S/C13H10Cl3NO3/c14-8-4-10(15)13(11(16)5-8)20-7-12(18)17-6-9-2-1-3-19-9/h1-5H,6-7H2,(H,17,18). The summed E-state index contributed by atoms with van der Waals surface area (Å²) in [5.74, 6) is 0.565. The van der Waals surface area contributed by atoms with Gasteiger partial charge in [0, 0.05) is 5.02 Å². The molecular formula is C13H10Cl3NO3. The van der Waals surface area contributed by atoms with Gasteiger partial charge in [0.05, 0.1) is 22.9 Å². The van der Waals surface area contributed by atoms with E-state index in [0.717, 1.165) is 0 Å². The van der Waals surface area contributed by atoms with Crippen molar-refractivity contribution in [1.82, 2.24) is 5.32 Å². The molecule has 0 bridgehead atoms. The molecule has 2 rings (SSSR count). The van der Waals surface area contributed by atoms with E-state index in [1.54, 1.807) is 12.1 Å². The minimum Gasteiger partial charge on any atom is -0.481 e. The summed E-state index contributed by atoms with van der Waals surface area (Å²) in [5, 5.41) is 3.54. The van der Waals surface area contributed by atoms with Crippen LogP contribution in [0.15, 0.2) is 34.9 Å². The summed E-state index contributed by atoms with van der Waals surface area (Å²) in [4.78, 5) is 11.6. The van der Waals surface area contributed by atoms with Crippen LogP contribution in [0.4, 0.5) is 0 Å². The topological polar surface area (TPSA) is 51.5 Å². The van der Waals surface area contributed by atoms with Crippen molar-refractivity contribution in [2.75, 3.05) is 6.61 Å². The highest BCUT2D eigenvalue weighted by atomic mass is 35.5. The molecule has 0 saturated heterocycles. The van der Waals surface area contributed by atoms with Gasteiger partial charge >= 0.3 is 0 Å². The Balaban J connectivity index is 1.87. The molecular weight excluding hydrogens is 325 g/mol. The van der Waals surface area contributed by atoms with Gasteiger partial charge < -0.3 is 14.5 Å². The van der Waals surface area contributed by atoms with Crippen LogP contribution in [0.25, 0.3) is 0 Å². The fraction of sp³-hybridized carbons (Fsp3) is 0.154. The van der Waals surface area contributed by atoms with E-state index >= 15 is 0 Å². The largest absolute Gasteiger partial charge is 0.481 e. The number of halogens is 3. The average Bonchev–Trinajstić information content (AvgIpc) is 2.88. The van der Waals surface area contributed by atoms with Gasteiger partial charge in [-0.15, -0.1) is 0 Å². The van der Waals surface area contributed by atoms with E-state index in [9.17, 15) is 4.79 Å². The lowest BCUT2D eigenvalue weighted by atomic mass is 10.3. The summed E-state index contributed by atoms with van der Waals surface area (Å²) in [5.41, 5.74) is 0. The Morgan fingerprint density at radius 1 is 1.25 bits per heavy atom. The summed E-state index contributed by atoms with van der Waals surface area (Å²) in [7, 11) is 0. The number of rotatable bonds is 5. The number of hydrogen-bond donors (Lipinski definition) is 1. The van der Waals surface area contributed by atoms with Crippen molar-refractivity contribution in [3.05, 3.63) is 51.4 Å². The number of carbonyl (C=O) groups is 1.